The second-order valence-corrected chi connectivity index (χ2v) is 6.43. The van der Waals surface area contributed by atoms with Crippen LogP contribution in [-0.2, 0) is 11.2 Å². The van der Waals surface area contributed by atoms with Crippen LogP contribution in [-0.4, -0.2) is 24.0 Å². The average Bonchev–Trinajstić information content (AvgIpc) is 2.95. The summed E-state index contributed by atoms with van der Waals surface area (Å²) in [6.07, 6.45) is 0.616. The van der Waals surface area contributed by atoms with Gasteiger partial charge in [0, 0.05) is 5.69 Å². The molecule has 0 saturated carbocycles. The van der Waals surface area contributed by atoms with Gasteiger partial charge in [0.25, 0.3) is 5.91 Å². The van der Waals surface area contributed by atoms with Gasteiger partial charge in [0.2, 0.25) is 0 Å². The van der Waals surface area contributed by atoms with E-state index in [0.29, 0.717) is 23.2 Å². The van der Waals surface area contributed by atoms with Crippen LogP contribution < -0.4 is 5.32 Å². The molecule has 0 aliphatic rings. The highest BCUT2D eigenvalue weighted by Crippen LogP contribution is 2.24. The molecule has 0 aliphatic heterocycles. The molecule has 1 aromatic heterocycles. The molecule has 1 amide bonds. The van der Waals surface area contributed by atoms with Crippen molar-refractivity contribution in [2.45, 2.75) is 40.2 Å². The number of amides is 1. The molecule has 0 aliphatic carbocycles. The third-order valence-corrected chi connectivity index (χ3v) is 4.41. The number of carbonyl (C=O) groups is 2. The summed E-state index contributed by atoms with van der Waals surface area (Å²) in [5.41, 5.74) is 3.26. The highest BCUT2D eigenvalue weighted by molar-refractivity contribution is 6.00. The van der Waals surface area contributed by atoms with Crippen LogP contribution in [0, 0.1) is 12.8 Å². The number of esters is 1. The molecule has 134 valence electrons. The summed E-state index contributed by atoms with van der Waals surface area (Å²) < 4.78 is 4.85. The Balaban J connectivity index is 2.34. The number of H-pyrrole nitrogens is 1. The van der Waals surface area contributed by atoms with Gasteiger partial charge < -0.3 is 15.0 Å². The molecule has 0 bridgehead atoms. The van der Waals surface area contributed by atoms with Gasteiger partial charge in [-0.25, -0.2) is 4.79 Å². The molecule has 1 atom stereocenters. The highest BCUT2D eigenvalue weighted by atomic mass is 16.5. The first-order chi connectivity index (χ1) is 11.9. The second-order valence-electron chi connectivity index (χ2n) is 6.43. The fourth-order valence-electron chi connectivity index (χ4n) is 3.04. The molecule has 5 nitrogen and oxygen atoms in total. The lowest BCUT2D eigenvalue weighted by Crippen LogP contribution is -2.32. The molecular weight excluding hydrogens is 316 g/mol. The van der Waals surface area contributed by atoms with Gasteiger partial charge in [0.05, 0.1) is 18.7 Å². The zero-order valence-corrected chi connectivity index (χ0v) is 15.5. The fraction of sp³-hybridized carbons (Fsp3) is 0.400. The van der Waals surface area contributed by atoms with Gasteiger partial charge >= 0.3 is 5.97 Å². The number of hydrogen-bond acceptors (Lipinski definition) is 3. The lowest BCUT2D eigenvalue weighted by atomic mass is 9.96. The Morgan fingerprint density at radius 2 is 1.84 bits per heavy atom. The van der Waals surface area contributed by atoms with E-state index in [1.807, 2.05) is 37.3 Å². The summed E-state index contributed by atoms with van der Waals surface area (Å²) in [4.78, 5) is 28.0. The summed E-state index contributed by atoms with van der Waals surface area (Å²) in [6.45, 7) is 7.83. The monoisotopic (exact) mass is 342 g/mol. The summed E-state index contributed by atoms with van der Waals surface area (Å²) in [7, 11) is 1.35. The van der Waals surface area contributed by atoms with Crippen LogP contribution in [0.2, 0.25) is 0 Å². The van der Waals surface area contributed by atoms with Crippen LogP contribution in [0.5, 0.6) is 0 Å². The summed E-state index contributed by atoms with van der Waals surface area (Å²) >= 11 is 0. The first-order valence-electron chi connectivity index (χ1n) is 8.56. The zero-order chi connectivity index (χ0) is 18.6. The Labute approximate surface area is 148 Å². The minimum Gasteiger partial charge on any atom is -0.465 e. The van der Waals surface area contributed by atoms with Crippen molar-refractivity contribution in [2.24, 2.45) is 5.92 Å². The lowest BCUT2D eigenvalue weighted by Gasteiger charge is -2.23. The molecule has 5 heteroatoms. The fourth-order valence-corrected chi connectivity index (χ4v) is 3.04. The highest BCUT2D eigenvalue weighted by Gasteiger charge is 2.26. The predicted octanol–water partition coefficient (Wildman–Crippen LogP) is 3.80. The van der Waals surface area contributed by atoms with Crippen molar-refractivity contribution in [1.29, 1.82) is 0 Å². The first-order valence-corrected chi connectivity index (χ1v) is 8.56. The van der Waals surface area contributed by atoms with Gasteiger partial charge in [-0.2, -0.15) is 0 Å². The van der Waals surface area contributed by atoms with Gasteiger partial charge in [-0.1, -0.05) is 51.1 Å². The molecule has 0 saturated heterocycles. The molecule has 1 aromatic carbocycles. The molecule has 1 unspecified atom stereocenters. The maximum absolute atomic E-state index is 12.9. The number of aryl methyl sites for hydroxylation is 1. The number of benzene rings is 1. The van der Waals surface area contributed by atoms with Crippen molar-refractivity contribution >= 4 is 11.9 Å². The summed E-state index contributed by atoms with van der Waals surface area (Å²) in [5.74, 6) is -0.412. The van der Waals surface area contributed by atoms with E-state index in [0.717, 1.165) is 11.3 Å². The number of nitrogens with one attached hydrogen (secondary N) is 2. The van der Waals surface area contributed by atoms with E-state index >= 15 is 0 Å². The number of ether oxygens (including phenoxy) is 1. The quantitative estimate of drug-likeness (QED) is 0.785. The summed E-state index contributed by atoms with van der Waals surface area (Å²) in [6, 6.07) is 9.77. The molecule has 2 aromatic rings. The Morgan fingerprint density at radius 3 is 2.36 bits per heavy atom. The first kappa shape index (κ1) is 18.8. The van der Waals surface area contributed by atoms with Gasteiger partial charge in [-0.15, -0.1) is 0 Å². The van der Waals surface area contributed by atoms with Crippen LogP contribution in [0.1, 0.15) is 64.5 Å². The van der Waals surface area contributed by atoms with E-state index in [4.69, 9.17) is 4.74 Å². The minimum absolute atomic E-state index is 0.108. The Morgan fingerprint density at radius 1 is 1.20 bits per heavy atom. The van der Waals surface area contributed by atoms with E-state index < -0.39 is 5.97 Å². The predicted molar refractivity (Wildman–Crippen MR) is 97.7 cm³/mol. The van der Waals surface area contributed by atoms with Crippen LogP contribution in [0.3, 0.4) is 0 Å². The zero-order valence-electron chi connectivity index (χ0n) is 15.5. The topological polar surface area (TPSA) is 71.2 Å². The molecule has 2 N–H and O–H groups in total. The van der Waals surface area contributed by atoms with E-state index in [2.05, 4.69) is 24.1 Å². The number of hydrogen-bond donors (Lipinski definition) is 2. The maximum Gasteiger partial charge on any atom is 0.339 e. The van der Waals surface area contributed by atoms with Crippen molar-refractivity contribution in [3.8, 4) is 0 Å². The minimum atomic E-state index is -0.423. The molecule has 0 radical (unpaired) electrons. The smallest absolute Gasteiger partial charge is 0.339 e. The average molecular weight is 342 g/mol. The Bertz CT molecular complexity index is 748. The van der Waals surface area contributed by atoms with E-state index in [-0.39, 0.29) is 17.9 Å². The van der Waals surface area contributed by atoms with Gasteiger partial charge in [0.15, 0.2) is 0 Å². The third kappa shape index (κ3) is 3.92. The summed E-state index contributed by atoms with van der Waals surface area (Å²) in [5, 5.41) is 3.09. The number of aromatic nitrogens is 1. The number of carbonyl (C=O) groups excluding carboxylic acids is 2. The third-order valence-electron chi connectivity index (χ3n) is 4.41. The second kappa shape index (κ2) is 8.01. The maximum atomic E-state index is 12.9. The Hall–Kier alpha value is -2.56. The van der Waals surface area contributed by atoms with Crippen LogP contribution in [0.15, 0.2) is 30.3 Å². The van der Waals surface area contributed by atoms with Crippen LogP contribution >= 0.6 is 0 Å². The SMILES string of the molecule is CCc1[nH]c(C(=O)NC(c2ccccc2)C(C)C)c(C)c1C(=O)OC. The van der Waals surface area contributed by atoms with Crippen molar-refractivity contribution < 1.29 is 14.3 Å². The Kier molecular flexibility index (Phi) is 6.02. The standard InChI is InChI=1S/C20H26N2O3/c1-6-15-16(20(24)25-5)13(4)18(21-15)19(23)22-17(12(2)3)14-10-8-7-9-11-14/h7-12,17,21H,6H2,1-5H3,(H,22,23). The van der Waals surface area contributed by atoms with Crippen LogP contribution in [0.4, 0.5) is 0 Å². The van der Waals surface area contributed by atoms with Gasteiger partial charge in [-0.3, -0.25) is 4.79 Å². The lowest BCUT2D eigenvalue weighted by molar-refractivity contribution is 0.0599. The van der Waals surface area contributed by atoms with E-state index in [1.54, 1.807) is 6.92 Å². The van der Waals surface area contributed by atoms with Gasteiger partial charge in [0.1, 0.15) is 5.69 Å². The van der Waals surface area contributed by atoms with Gasteiger partial charge in [-0.05, 0) is 30.4 Å². The van der Waals surface area contributed by atoms with Crippen molar-refractivity contribution in [2.75, 3.05) is 7.11 Å². The normalized spacial score (nSPS) is 12.1. The van der Waals surface area contributed by atoms with Crippen molar-refractivity contribution in [1.82, 2.24) is 10.3 Å². The molecule has 0 spiro atoms. The number of rotatable bonds is 6. The van der Waals surface area contributed by atoms with Crippen LogP contribution in [0.25, 0.3) is 0 Å². The van der Waals surface area contributed by atoms with Crippen molar-refractivity contribution in [3.05, 3.63) is 58.4 Å². The molecular formula is C20H26N2O3. The van der Waals surface area contributed by atoms with E-state index in [1.165, 1.54) is 7.11 Å². The molecule has 0 fully saturated rings. The van der Waals surface area contributed by atoms with Crippen molar-refractivity contribution in [3.63, 3.8) is 0 Å². The van der Waals surface area contributed by atoms with E-state index in [9.17, 15) is 9.59 Å². The number of aromatic amines is 1. The number of methoxy groups -OCH3 is 1. The largest absolute Gasteiger partial charge is 0.465 e. The molecule has 1 heterocycles. The molecule has 25 heavy (non-hydrogen) atoms. The molecule has 2 rings (SSSR count).